The van der Waals surface area contributed by atoms with Gasteiger partial charge in [0.2, 0.25) is 0 Å². The fourth-order valence-corrected chi connectivity index (χ4v) is 2.11. The van der Waals surface area contributed by atoms with Crippen molar-refractivity contribution in [1.82, 2.24) is 4.90 Å². The van der Waals surface area contributed by atoms with Crippen LogP contribution in [0.1, 0.15) is 34.6 Å². The van der Waals surface area contributed by atoms with Crippen molar-refractivity contribution in [3.63, 3.8) is 0 Å². The Hall–Kier alpha value is -0.980. The van der Waals surface area contributed by atoms with Crippen molar-refractivity contribution >= 4 is 28.7 Å². The molecule has 1 amide bonds. The van der Waals surface area contributed by atoms with Crippen LogP contribution >= 0.6 is 22.6 Å². The molecular weight excluding hydrogens is 381 g/mol. The molecule has 0 spiro atoms. The second kappa shape index (κ2) is 7.87. The summed E-state index contributed by atoms with van der Waals surface area (Å²) in [5, 5.41) is 0. The van der Waals surface area contributed by atoms with E-state index in [1.807, 2.05) is 58.9 Å². The molecule has 1 atom stereocenters. The molecule has 118 valence electrons. The summed E-state index contributed by atoms with van der Waals surface area (Å²) >= 11 is 2.25. The molecule has 0 N–H and O–H groups in total. The second-order valence-corrected chi connectivity index (χ2v) is 7.15. The molecule has 0 aliphatic heterocycles. The molecule has 21 heavy (non-hydrogen) atoms. The van der Waals surface area contributed by atoms with E-state index in [0.29, 0.717) is 13.1 Å². The maximum atomic E-state index is 12.1. The van der Waals surface area contributed by atoms with Crippen LogP contribution in [-0.2, 0) is 4.74 Å². The minimum Gasteiger partial charge on any atom is -0.489 e. The Labute approximate surface area is 140 Å². The van der Waals surface area contributed by atoms with Crippen LogP contribution in [0, 0.1) is 3.57 Å². The summed E-state index contributed by atoms with van der Waals surface area (Å²) in [6, 6.07) is 7.85. The first-order valence-electron chi connectivity index (χ1n) is 7.11. The number of ether oxygens (including phenoxy) is 2. The Balaban J connectivity index is 2.56. The normalized spacial score (nSPS) is 12.7. The summed E-state index contributed by atoms with van der Waals surface area (Å²) < 4.78 is 12.4. The number of carbonyl (C=O) groups excluding carboxylic acids is 1. The molecular formula is C16H24INO3. The summed E-state index contributed by atoms with van der Waals surface area (Å²) in [4.78, 5) is 13.7. The van der Waals surface area contributed by atoms with E-state index in [2.05, 4.69) is 22.6 Å². The number of nitrogens with zero attached hydrogens (tertiary/aromatic N) is 1. The monoisotopic (exact) mass is 405 g/mol. The third-order valence-electron chi connectivity index (χ3n) is 2.66. The van der Waals surface area contributed by atoms with E-state index in [0.717, 1.165) is 9.32 Å². The summed E-state index contributed by atoms with van der Waals surface area (Å²) in [5.74, 6) is 0.808. The van der Waals surface area contributed by atoms with E-state index < -0.39 is 5.60 Å². The number of carbonyl (C=O) groups is 1. The number of hydrogen-bond donors (Lipinski definition) is 0. The van der Waals surface area contributed by atoms with Crippen LogP contribution in [0.5, 0.6) is 5.75 Å². The standard InChI is InChI=1S/C16H24INO3/c1-6-18(15(19)21-16(3,4)5)11-12(2)20-14-9-7-13(17)8-10-14/h7-10,12H,6,11H2,1-5H3. The number of amides is 1. The molecule has 0 aromatic heterocycles. The zero-order valence-corrected chi connectivity index (χ0v) is 15.5. The van der Waals surface area contributed by atoms with E-state index in [1.165, 1.54) is 0 Å². The average molecular weight is 405 g/mol. The zero-order chi connectivity index (χ0) is 16.0. The molecule has 0 saturated heterocycles. The van der Waals surface area contributed by atoms with Gasteiger partial charge in [-0.1, -0.05) is 0 Å². The Morgan fingerprint density at radius 1 is 1.29 bits per heavy atom. The Kier molecular flexibility index (Phi) is 6.77. The van der Waals surface area contributed by atoms with Crippen molar-refractivity contribution in [2.45, 2.75) is 46.3 Å². The van der Waals surface area contributed by atoms with Crippen LogP contribution in [0.15, 0.2) is 24.3 Å². The third-order valence-corrected chi connectivity index (χ3v) is 3.38. The lowest BCUT2D eigenvalue weighted by Crippen LogP contribution is -2.41. The van der Waals surface area contributed by atoms with Gasteiger partial charge in [-0.15, -0.1) is 0 Å². The third kappa shape index (κ3) is 7.02. The molecule has 0 heterocycles. The van der Waals surface area contributed by atoms with Crippen LogP contribution in [0.3, 0.4) is 0 Å². The summed E-state index contributed by atoms with van der Waals surface area (Å²) in [6.45, 7) is 10.6. The summed E-state index contributed by atoms with van der Waals surface area (Å²) in [5.41, 5.74) is -0.481. The fourth-order valence-electron chi connectivity index (χ4n) is 1.75. The van der Waals surface area contributed by atoms with Crippen molar-refractivity contribution in [3.05, 3.63) is 27.8 Å². The topological polar surface area (TPSA) is 38.8 Å². The molecule has 0 fully saturated rings. The van der Waals surface area contributed by atoms with Crippen LogP contribution in [-0.4, -0.2) is 35.8 Å². The lowest BCUT2D eigenvalue weighted by molar-refractivity contribution is 0.0192. The SMILES string of the molecule is CCN(CC(C)Oc1ccc(I)cc1)C(=O)OC(C)(C)C. The van der Waals surface area contributed by atoms with Crippen molar-refractivity contribution in [2.24, 2.45) is 0 Å². The largest absolute Gasteiger partial charge is 0.489 e. The molecule has 1 aromatic rings. The molecule has 0 radical (unpaired) electrons. The molecule has 0 bridgehead atoms. The number of likely N-dealkylation sites (N-methyl/N-ethyl adjacent to an activating group) is 1. The van der Waals surface area contributed by atoms with E-state index >= 15 is 0 Å². The van der Waals surface area contributed by atoms with E-state index in [9.17, 15) is 4.79 Å². The first-order chi connectivity index (χ1) is 9.71. The lowest BCUT2D eigenvalue weighted by Gasteiger charge is -2.28. The minimum atomic E-state index is -0.481. The van der Waals surface area contributed by atoms with Crippen molar-refractivity contribution < 1.29 is 14.3 Å². The maximum Gasteiger partial charge on any atom is 0.410 e. The molecule has 1 aromatic carbocycles. The molecule has 1 unspecified atom stereocenters. The van der Waals surface area contributed by atoms with Gasteiger partial charge in [0.25, 0.3) is 0 Å². The maximum absolute atomic E-state index is 12.1. The quantitative estimate of drug-likeness (QED) is 0.686. The van der Waals surface area contributed by atoms with Gasteiger partial charge in [0.05, 0.1) is 6.54 Å². The molecule has 4 nitrogen and oxygen atoms in total. The van der Waals surface area contributed by atoms with Gasteiger partial charge in [-0.3, -0.25) is 0 Å². The molecule has 0 aliphatic carbocycles. The predicted octanol–water partition coefficient (Wildman–Crippen LogP) is 4.32. The van der Waals surface area contributed by atoms with Crippen LogP contribution < -0.4 is 4.74 Å². The second-order valence-electron chi connectivity index (χ2n) is 5.90. The van der Waals surface area contributed by atoms with Gasteiger partial charge in [-0.2, -0.15) is 0 Å². The smallest absolute Gasteiger partial charge is 0.410 e. The van der Waals surface area contributed by atoms with Gasteiger partial charge < -0.3 is 14.4 Å². The molecule has 0 aliphatic rings. The van der Waals surface area contributed by atoms with Crippen LogP contribution in [0.2, 0.25) is 0 Å². The highest BCUT2D eigenvalue weighted by atomic mass is 127. The Morgan fingerprint density at radius 2 is 1.86 bits per heavy atom. The van der Waals surface area contributed by atoms with Crippen molar-refractivity contribution in [3.8, 4) is 5.75 Å². The Bertz CT molecular complexity index is 454. The zero-order valence-electron chi connectivity index (χ0n) is 13.4. The van der Waals surface area contributed by atoms with Crippen molar-refractivity contribution in [1.29, 1.82) is 0 Å². The fraction of sp³-hybridized carbons (Fsp3) is 0.562. The van der Waals surface area contributed by atoms with E-state index in [1.54, 1.807) is 4.90 Å². The molecule has 0 saturated carbocycles. The molecule has 5 heteroatoms. The van der Waals surface area contributed by atoms with Crippen LogP contribution in [0.4, 0.5) is 4.79 Å². The first kappa shape index (κ1) is 18.1. The number of benzene rings is 1. The number of rotatable bonds is 5. The van der Waals surface area contributed by atoms with Gasteiger partial charge in [-0.25, -0.2) is 4.79 Å². The predicted molar refractivity (Wildman–Crippen MR) is 92.7 cm³/mol. The highest BCUT2D eigenvalue weighted by Gasteiger charge is 2.22. The summed E-state index contributed by atoms with van der Waals surface area (Å²) in [7, 11) is 0. The van der Waals surface area contributed by atoms with E-state index in [-0.39, 0.29) is 12.2 Å². The number of halogens is 1. The number of hydrogen-bond acceptors (Lipinski definition) is 3. The highest BCUT2D eigenvalue weighted by Crippen LogP contribution is 2.16. The highest BCUT2D eigenvalue weighted by molar-refractivity contribution is 14.1. The van der Waals surface area contributed by atoms with Gasteiger partial charge >= 0.3 is 6.09 Å². The van der Waals surface area contributed by atoms with Gasteiger partial charge in [0.15, 0.2) is 0 Å². The van der Waals surface area contributed by atoms with Gasteiger partial charge in [0.1, 0.15) is 17.5 Å². The lowest BCUT2D eigenvalue weighted by atomic mass is 10.2. The minimum absolute atomic E-state index is 0.0995. The summed E-state index contributed by atoms with van der Waals surface area (Å²) in [6.07, 6.45) is -0.402. The average Bonchev–Trinajstić information content (AvgIpc) is 2.36. The van der Waals surface area contributed by atoms with E-state index in [4.69, 9.17) is 9.47 Å². The molecule has 1 rings (SSSR count). The first-order valence-corrected chi connectivity index (χ1v) is 8.19. The van der Waals surface area contributed by atoms with Gasteiger partial charge in [-0.05, 0) is 81.5 Å². The van der Waals surface area contributed by atoms with Crippen LogP contribution in [0.25, 0.3) is 0 Å². The van der Waals surface area contributed by atoms with Crippen molar-refractivity contribution in [2.75, 3.05) is 13.1 Å². The Morgan fingerprint density at radius 3 is 2.33 bits per heavy atom. The van der Waals surface area contributed by atoms with Gasteiger partial charge in [0, 0.05) is 10.1 Å².